The van der Waals surface area contributed by atoms with Crippen molar-refractivity contribution < 1.29 is 4.74 Å². The second-order valence-corrected chi connectivity index (χ2v) is 6.96. The number of rotatable bonds is 4. The fourth-order valence-electron chi connectivity index (χ4n) is 2.41. The molecule has 0 radical (unpaired) electrons. The van der Waals surface area contributed by atoms with Crippen LogP contribution in [0, 0.1) is 24.2 Å². The van der Waals surface area contributed by atoms with Gasteiger partial charge in [0.2, 0.25) is 0 Å². The predicted molar refractivity (Wildman–Crippen MR) is 80.6 cm³/mol. The summed E-state index contributed by atoms with van der Waals surface area (Å²) in [5.41, 5.74) is 7.62. The van der Waals surface area contributed by atoms with E-state index >= 15 is 0 Å². The van der Waals surface area contributed by atoms with Crippen LogP contribution in [0.4, 0.5) is 0 Å². The van der Waals surface area contributed by atoms with E-state index in [0.717, 1.165) is 29.7 Å². The molecule has 1 unspecified atom stereocenters. The van der Waals surface area contributed by atoms with Crippen molar-refractivity contribution in [1.29, 1.82) is 5.26 Å². The number of aryl methyl sites for hydroxylation is 1. The molecule has 0 bridgehead atoms. The standard InChI is InChI=1S/C17H24N2O/c1-12-5-8-14(16(2,3)4)15(9-12)20-11-17(19,10-18)13-6-7-13/h5,8-9,13H,6-7,11,19H2,1-4H3. The minimum absolute atomic E-state index is 0.00646. The zero-order valence-corrected chi connectivity index (χ0v) is 12.9. The third kappa shape index (κ3) is 3.13. The lowest BCUT2D eigenvalue weighted by molar-refractivity contribution is 0.232. The summed E-state index contributed by atoms with van der Waals surface area (Å²) in [6.07, 6.45) is 2.07. The first-order valence-corrected chi connectivity index (χ1v) is 7.20. The molecule has 0 heterocycles. The quantitative estimate of drug-likeness (QED) is 0.914. The van der Waals surface area contributed by atoms with Crippen LogP contribution in [0.2, 0.25) is 0 Å². The Labute approximate surface area is 121 Å². The Bertz CT molecular complexity index is 535. The van der Waals surface area contributed by atoms with Gasteiger partial charge in [0.1, 0.15) is 17.9 Å². The van der Waals surface area contributed by atoms with E-state index in [1.165, 1.54) is 0 Å². The van der Waals surface area contributed by atoms with E-state index < -0.39 is 5.54 Å². The van der Waals surface area contributed by atoms with Crippen LogP contribution in [0.5, 0.6) is 5.75 Å². The molecule has 1 aromatic carbocycles. The minimum atomic E-state index is -0.848. The molecule has 108 valence electrons. The molecule has 1 aliphatic rings. The normalized spacial score (nSPS) is 18.2. The van der Waals surface area contributed by atoms with Crippen LogP contribution in [-0.2, 0) is 5.41 Å². The highest BCUT2D eigenvalue weighted by Crippen LogP contribution is 2.39. The number of nitrogens with zero attached hydrogens (tertiary/aromatic N) is 1. The molecule has 3 nitrogen and oxygen atoms in total. The largest absolute Gasteiger partial charge is 0.490 e. The van der Waals surface area contributed by atoms with Gasteiger partial charge in [-0.15, -0.1) is 0 Å². The molecule has 1 atom stereocenters. The minimum Gasteiger partial charge on any atom is -0.490 e. The lowest BCUT2D eigenvalue weighted by Crippen LogP contribution is -2.46. The summed E-state index contributed by atoms with van der Waals surface area (Å²) >= 11 is 0. The van der Waals surface area contributed by atoms with Gasteiger partial charge >= 0.3 is 0 Å². The first-order valence-electron chi connectivity index (χ1n) is 7.20. The van der Waals surface area contributed by atoms with Crippen LogP contribution in [0.1, 0.15) is 44.7 Å². The van der Waals surface area contributed by atoms with Gasteiger partial charge in [0.25, 0.3) is 0 Å². The molecular formula is C17H24N2O. The highest BCUT2D eigenvalue weighted by molar-refractivity contribution is 5.41. The first kappa shape index (κ1) is 14.9. The molecule has 2 N–H and O–H groups in total. The van der Waals surface area contributed by atoms with Crippen molar-refractivity contribution in [2.24, 2.45) is 11.7 Å². The zero-order valence-electron chi connectivity index (χ0n) is 12.9. The highest BCUT2D eigenvalue weighted by Gasteiger charge is 2.43. The van der Waals surface area contributed by atoms with Crippen molar-refractivity contribution in [3.05, 3.63) is 29.3 Å². The third-order valence-corrected chi connectivity index (χ3v) is 3.93. The summed E-state index contributed by atoms with van der Waals surface area (Å²) in [5.74, 6) is 1.14. The van der Waals surface area contributed by atoms with Crippen LogP contribution in [0.15, 0.2) is 18.2 Å². The van der Waals surface area contributed by atoms with Gasteiger partial charge in [-0.3, -0.25) is 0 Å². The van der Waals surface area contributed by atoms with E-state index in [9.17, 15) is 5.26 Å². The van der Waals surface area contributed by atoms with Gasteiger partial charge in [0, 0.05) is 0 Å². The number of benzene rings is 1. The number of ether oxygens (including phenoxy) is 1. The first-order chi connectivity index (χ1) is 9.26. The molecule has 20 heavy (non-hydrogen) atoms. The molecule has 0 spiro atoms. The van der Waals surface area contributed by atoms with E-state index in [0.29, 0.717) is 0 Å². The Kier molecular flexibility index (Phi) is 3.80. The molecule has 2 rings (SSSR count). The number of nitrogens with two attached hydrogens (primary N) is 1. The molecule has 0 saturated heterocycles. The maximum absolute atomic E-state index is 9.30. The summed E-state index contributed by atoms with van der Waals surface area (Å²) in [6.45, 7) is 8.78. The molecule has 1 aliphatic carbocycles. The van der Waals surface area contributed by atoms with Crippen molar-refractivity contribution in [3.8, 4) is 11.8 Å². The number of nitriles is 1. The Hall–Kier alpha value is -1.53. The molecule has 0 amide bonds. The fraction of sp³-hybridized carbons (Fsp3) is 0.588. The van der Waals surface area contributed by atoms with Gasteiger partial charge in [-0.2, -0.15) is 5.26 Å². The average Bonchev–Trinajstić information content (AvgIpc) is 3.19. The van der Waals surface area contributed by atoms with Crippen molar-refractivity contribution in [1.82, 2.24) is 0 Å². The van der Waals surface area contributed by atoms with E-state index in [4.69, 9.17) is 10.5 Å². The van der Waals surface area contributed by atoms with Crippen LogP contribution in [0.3, 0.4) is 0 Å². The predicted octanol–water partition coefficient (Wildman–Crippen LogP) is 3.30. The van der Waals surface area contributed by atoms with E-state index in [1.807, 2.05) is 13.0 Å². The molecule has 1 aromatic rings. The number of hydrogen-bond donors (Lipinski definition) is 1. The van der Waals surface area contributed by atoms with Crippen molar-refractivity contribution in [2.75, 3.05) is 6.61 Å². The van der Waals surface area contributed by atoms with Crippen molar-refractivity contribution in [3.63, 3.8) is 0 Å². The molecule has 0 aliphatic heterocycles. The smallest absolute Gasteiger partial charge is 0.141 e. The lowest BCUT2D eigenvalue weighted by atomic mass is 9.86. The molecule has 1 fully saturated rings. The van der Waals surface area contributed by atoms with Crippen molar-refractivity contribution >= 4 is 0 Å². The monoisotopic (exact) mass is 272 g/mol. The molecule has 0 aromatic heterocycles. The molecule has 1 saturated carbocycles. The Balaban J connectivity index is 2.21. The fourth-order valence-corrected chi connectivity index (χ4v) is 2.41. The molecule has 3 heteroatoms. The average molecular weight is 272 g/mol. The van der Waals surface area contributed by atoms with E-state index in [1.54, 1.807) is 0 Å². The zero-order chi connectivity index (χ0) is 15.0. The van der Waals surface area contributed by atoms with Gasteiger partial charge in [-0.1, -0.05) is 32.9 Å². The van der Waals surface area contributed by atoms with E-state index in [-0.39, 0.29) is 17.9 Å². The van der Waals surface area contributed by atoms with Gasteiger partial charge in [-0.25, -0.2) is 0 Å². The van der Waals surface area contributed by atoms with Crippen LogP contribution >= 0.6 is 0 Å². The highest BCUT2D eigenvalue weighted by atomic mass is 16.5. The van der Waals surface area contributed by atoms with Crippen molar-refractivity contribution in [2.45, 2.75) is 51.5 Å². The van der Waals surface area contributed by atoms with Crippen LogP contribution in [-0.4, -0.2) is 12.1 Å². The summed E-state index contributed by atoms with van der Waals surface area (Å²) in [4.78, 5) is 0. The third-order valence-electron chi connectivity index (χ3n) is 3.93. The summed E-state index contributed by atoms with van der Waals surface area (Å²) in [7, 11) is 0. The van der Waals surface area contributed by atoms with Crippen LogP contribution in [0.25, 0.3) is 0 Å². The SMILES string of the molecule is Cc1ccc(C(C)(C)C)c(OCC(N)(C#N)C2CC2)c1. The van der Waals surface area contributed by atoms with Gasteiger partial charge in [0.15, 0.2) is 0 Å². The Morgan fingerprint density at radius 3 is 2.50 bits per heavy atom. The number of hydrogen-bond acceptors (Lipinski definition) is 3. The second-order valence-electron chi connectivity index (χ2n) is 6.96. The maximum Gasteiger partial charge on any atom is 0.141 e. The van der Waals surface area contributed by atoms with Crippen LogP contribution < -0.4 is 10.5 Å². The van der Waals surface area contributed by atoms with E-state index in [2.05, 4.69) is 39.0 Å². The maximum atomic E-state index is 9.30. The Morgan fingerprint density at radius 1 is 1.35 bits per heavy atom. The summed E-state index contributed by atoms with van der Waals surface area (Å²) in [5, 5.41) is 9.30. The second kappa shape index (κ2) is 5.10. The Morgan fingerprint density at radius 2 is 2.00 bits per heavy atom. The summed E-state index contributed by atoms with van der Waals surface area (Å²) < 4.78 is 5.95. The molecular weight excluding hydrogens is 248 g/mol. The lowest BCUT2D eigenvalue weighted by Gasteiger charge is -2.26. The topological polar surface area (TPSA) is 59.0 Å². The van der Waals surface area contributed by atoms with Gasteiger partial charge in [0.05, 0.1) is 6.07 Å². The van der Waals surface area contributed by atoms with Gasteiger partial charge < -0.3 is 10.5 Å². The van der Waals surface area contributed by atoms with Gasteiger partial charge in [-0.05, 0) is 48.3 Å². The summed E-state index contributed by atoms with van der Waals surface area (Å²) in [6, 6.07) is 8.46.